The third-order valence-electron chi connectivity index (χ3n) is 6.80. The normalized spacial score (nSPS) is 11.3. The van der Waals surface area contributed by atoms with Crippen molar-refractivity contribution in [2.24, 2.45) is 4.99 Å². The van der Waals surface area contributed by atoms with Crippen molar-refractivity contribution in [2.45, 2.75) is 6.92 Å². The van der Waals surface area contributed by atoms with Gasteiger partial charge in [0.15, 0.2) is 5.82 Å². The molecule has 0 amide bonds. The monoisotopic (exact) mass is 595 g/mol. The van der Waals surface area contributed by atoms with Crippen LogP contribution in [0, 0.1) is 6.92 Å². The molecule has 11 nitrogen and oxygen atoms in total. The van der Waals surface area contributed by atoms with E-state index in [4.69, 9.17) is 48.5 Å². The molecule has 0 saturated heterocycles. The quantitative estimate of drug-likeness (QED) is 0.168. The van der Waals surface area contributed by atoms with Crippen LogP contribution in [0.1, 0.15) is 22.5 Å². The Morgan fingerprint density at radius 1 is 0.591 bits per heavy atom. The third kappa shape index (κ3) is 6.41. The van der Waals surface area contributed by atoms with Crippen molar-refractivity contribution in [3.8, 4) is 45.8 Å². The van der Waals surface area contributed by atoms with E-state index in [1.165, 1.54) is 0 Å². The van der Waals surface area contributed by atoms with Crippen molar-refractivity contribution < 1.29 is 28.4 Å². The zero-order chi connectivity index (χ0) is 31.2. The van der Waals surface area contributed by atoms with E-state index >= 15 is 0 Å². The Labute approximate surface area is 255 Å². The molecule has 0 bridgehead atoms. The Balaban J connectivity index is 1.65. The summed E-state index contributed by atoms with van der Waals surface area (Å²) in [4.78, 5) is 14.5. The molecule has 0 aliphatic rings. The number of aromatic nitrogens is 4. The van der Waals surface area contributed by atoms with E-state index < -0.39 is 0 Å². The van der Waals surface area contributed by atoms with E-state index in [0.29, 0.717) is 63.2 Å². The molecule has 0 spiro atoms. The average Bonchev–Trinajstić information content (AvgIpc) is 3.42. The highest BCUT2D eigenvalue weighted by Crippen LogP contribution is 2.35. The van der Waals surface area contributed by atoms with Crippen molar-refractivity contribution in [3.05, 3.63) is 77.1 Å². The number of ether oxygens (including phenoxy) is 6. The number of hydrogen-bond acceptors (Lipinski definition) is 10. The average molecular weight is 596 g/mol. The minimum atomic E-state index is 0.366. The maximum atomic E-state index is 5.52. The lowest BCUT2D eigenvalue weighted by atomic mass is 10.1. The summed E-state index contributed by atoms with van der Waals surface area (Å²) in [6.07, 6.45) is 5.51. The van der Waals surface area contributed by atoms with Crippen molar-refractivity contribution in [3.63, 3.8) is 0 Å². The van der Waals surface area contributed by atoms with E-state index in [1.54, 1.807) is 65.5 Å². The minimum absolute atomic E-state index is 0.366. The second kappa shape index (κ2) is 13.2. The summed E-state index contributed by atoms with van der Waals surface area (Å²) in [5.41, 5.74) is 4.24. The molecule has 44 heavy (non-hydrogen) atoms. The van der Waals surface area contributed by atoms with E-state index in [-0.39, 0.29) is 0 Å². The lowest BCUT2D eigenvalue weighted by Gasteiger charge is -2.08. The van der Waals surface area contributed by atoms with Gasteiger partial charge in [-0.1, -0.05) is 6.08 Å². The van der Waals surface area contributed by atoms with E-state index in [0.717, 1.165) is 16.7 Å². The number of aliphatic imine (C=N–C) groups is 1. The van der Waals surface area contributed by atoms with E-state index in [9.17, 15) is 0 Å². The summed E-state index contributed by atoms with van der Waals surface area (Å²) < 4.78 is 34.3. The van der Waals surface area contributed by atoms with Crippen LogP contribution in [0.3, 0.4) is 0 Å². The van der Waals surface area contributed by atoms with Crippen molar-refractivity contribution in [1.29, 1.82) is 0 Å². The Morgan fingerprint density at radius 3 is 1.57 bits per heavy atom. The van der Waals surface area contributed by atoms with Crippen LogP contribution in [-0.2, 0) is 0 Å². The molecule has 3 aromatic carbocycles. The van der Waals surface area contributed by atoms with Gasteiger partial charge >= 0.3 is 0 Å². The molecule has 226 valence electrons. The molecular formula is C33H33N5O6. The number of aryl methyl sites for hydroxylation is 1. The summed E-state index contributed by atoms with van der Waals surface area (Å²) >= 11 is 0. The third-order valence-corrected chi connectivity index (χ3v) is 6.80. The molecule has 0 unspecified atom stereocenters. The number of hydrogen-bond donors (Lipinski definition) is 0. The summed E-state index contributed by atoms with van der Waals surface area (Å²) in [6.45, 7) is 1.88. The van der Waals surface area contributed by atoms with Gasteiger partial charge in [0.2, 0.25) is 0 Å². The number of fused-ring (bicyclic) bond motifs is 1. The van der Waals surface area contributed by atoms with Gasteiger partial charge in [0.25, 0.3) is 5.78 Å². The first-order valence-electron chi connectivity index (χ1n) is 13.6. The molecule has 2 aromatic heterocycles. The zero-order valence-electron chi connectivity index (χ0n) is 25.6. The summed E-state index contributed by atoms with van der Waals surface area (Å²) in [5.74, 6) is 4.71. The standard InChI is InChI=1S/C33H33N5O6/c1-20-30(9-8-21-10-24(39-2)16-25(11-21)40-3)35-33-36-31(23-14-28(43-6)18-29(15-23)44-7)32(38(33)37-20)34-19-22-12-26(41-4)17-27(13-22)42-5/h8-19H,1-7H3/b9-8+,34-19?. The maximum absolute atomic E-state index is 5.52. The number of benzene rings is 3. The van der Waals surface area contributed by atoms with Crippen LogP contribution in [-0.4, -0.2) is 68.5 Å². The number of imidazole rings is 1. The van der Waals surface area contributed by atoms with Crippen LogP contribution >= 0.6 is 0 Å². The highest BCUT2D eigenvalue weighted by atomic mass is 16.5. The van der Waals surface area contributed by atoms with Gasteiger partial charge in [-0.05, 0) is 55.0 Å². The molecule has 0 fully saturated rings. The number of rotatable bonds is 11. The van der Waals surface area contributed by atoms with Gasteiger partial charge in [-0.3, -0.25) is 0 Å². The molecule has 5 rings (SSSR count). The van der Waals surface area contributed by atoms with Gasteiger partial charge in [0.05, 0.1) is 54.0 Å². The van der Waals surface area contributed by atoms with Crippen LogP contribution in [0.2, 0.25) is 0 Å². The fraction of sp³-hybridized carbons (Fsp3) is 0.212. The summed E-state index contributed by atoms with van der Waals surface area (Å²) in [7, 11) is 9.63. The minimum Gasteiger partial charge on any atom is -0.497 e. The van der Waals surface area contributed by atoms with Crippen LogP contribution in [0.5, 0.6) is 34.5 Å². The first-order valence-corrected chi connectivity index (χ1v) is 13.6. The highest BCUT2D eigenvalue weighted by Gasteiger charge is 2.19. The molecule has 0 aliphatic heterocycles. The van der Waals surface area contributed by atoms with Gasteiger partial charge in [-0.2, -0.15) is 9.61 Å². The fourth-order valence-electron chi connectivity index (χ4n) is 4.50. The summed E-state index contributed by atoms with van der Waals surface area (Å²) in [6, 6.07) is 16.7. The number of methoxy groups -OCH3 is 6. The highest BCUT2D eigenvalue weighted by molar-refractivity contribution is 5.86. The van der Waals surface area contributed by atoms with Crippen molar-refractivity contribution >= 4 is 30.0 Å². The van der Waals surface area contributed by atoms with Crippen LogP contribution < -0.4 is 28.4 Å². The predicted octanol–water partition coefficient (Wildman–Crippen LogP) is 6.07. The first kappa shape index (κ1) is 29.9. The molecule has 0 radical (unpaired) electrons. The number of nitrogens with zero attached hydrogens (tertiary/aromatic N) is 5. The second-order valence-electron chi connectivity index (χ2n) is 9.56. The topological polar surface area (TPSA) is 111 Å². The van der Waals surface area contributed by atoms with Crippen LogP contribution in [0.15, 0.2) is 59.6 Å². The maximum Gasteiger partial charge on any atom is 0.253 e. The molecule has 11 heteroatoms. The van der Waals surface area contributed by atoms with Gasteiger partial charge < -0.3 is 28.4 Å². The predicted molar refractivity (Wildman–Crippen MR) is 169 cm³/mol. The molecule has 0 saturated carbocycles. The fourth-order valence-corrected chi connectivity index (χ4v) is 4.50. The first-order chi connectivity index (χ1) is 21.4. The largest absolute Gasteiger partial charge is 0.497 e. The van der Waals surface area contributed by atoms with Crippen LogP contribution in [0.4, 0.5) is 5.82 Å². The molecule has 0 N–H and O–H groups in total. The van der Waals surface area contributed by atoms with Crippen LogP contribution in [0.25, 0.3) is 29.2 Å². The Bertz CT molecular complexity index is 1800. The molecular weight excluding hydrogens is 562 g/mol. The van der Waals surface area contributed by atoms with Gasteiger partial charge in [0, 0.05) is 35.5 Å². The lowest BCUT2D eigenvalue weighted by molar-refractivity contribution is 0.394. The molecule has 0 aliphatic carbocycles. The van der Waals surface area contributed by atoms with Crippen molar-refractivity contribution in [2.75, 3.05) is 42.7 Å². The zero-order valence-corrected chi connectivity index (χ0v) is 25.6. The Morgan fingerprint density at radius 2 is 1.07 bits per heavy atom. The molecule has 5 aromatic rings. The Kier molecular flexibility index (Phi) is 8.94. The smallest absolute Gasteiger partial charge is 0.253 e. The SMILES string of the molecule is COc1cc(C=Nc2c(-c3cc(OC)cc(OC)c3)nc3nc(/C=C/c4cc(OC)cc(OC)c4)c(C)nn23)cc(OC)c1. The van der Waals surface area contributed by atoms with Crippen molar-refractivity contribution in [1.82, 2.24) is 19.6 Å². The van der Waals surface area contributed by atoms with Gasteiger partial charge in [-0.25, -0.2) is 15.0 Å². The lowest BCUT2D eigenvalue weighted by Crippen LogP contribution is -2.01. The van der Waals surface area contributed by atoms with E-state index in [1.807, 2.05) is 61.5 Å². The van der Waals surface area contributed by atoms with Gasteiger partial charge in [0.1, 0.15) is 40.2 Å². The molecule has 0 atom stereocenters. The molecule has 2 heterocycles. The summed E-state index contributed by atoms with van der Waals surface area (Å²) in [5, 5.41) is 4.83. The second-order valence-corrected chi connectivity index (χ2v) is 9.56. The van der Waals surface area contributed by atoms with E-state index in [2.05, 4.69) is 0 Å². The Hall–Kier alpha value is -5.58. The van der Waals surface area contributed by atoms with Gasteiger partial charge in [-0.15, -0.1) is 0 Å².